The number of benzene rings is 1. The van der Waals surface area contributed by atoms with Gasteiger partial charge in [0.15, 0.2) is 5.78 Å². The van der Waals surface area contributed by atoms with Crippen molar-refractivity contribution in [2.45, 2.75) is 13.5 Å². The summed E-state index contributed by atoms with van der Waals surface area (Å²) in [5, 5.41) is 0. The van der Waals surface area contributed by atoms with Crippen molar-refractivity contribution in [1.29, 1.82) is 0 Å². The SMILES string of the molecule is Cc1nc2ccccc2n1CC(=O)c1cc(Br)sc1Br. The Morgan fingerprint density at radius 1 is 1.35 bits per heavy atom. The van der Waals surface area contributed by atoms with Crippen molar-refractivity contribution in [3.63, 3.8) is 0 Å². The molecule has 0 bridgehead atoms. The van der Waals surface area contributed by atoms with Gasteiger partial charge in [-0.05, 0) is 57.0 Å². The molecule has 0 saturated carbocycles. The lowest BCUT2D eigenvalue weighted by Crippen LogP contribution is -2.11. The van der Waals surface area contributed by atoms with Crippen molar-refractivity contribution < 1.29 is 4.79 Å². The van der Waals surface area contributed by atoms with E-state index in [4.69, 9.17) is 0 Å². The van der Waals surface area contributed by atoms with Gasteiger partial charge in [-0.1, -0.05) is 12.1 Å². The van der Waals surface area contributed by atoms with Gasteiger partial charge >= 0.3 is 0 Å². The smallest absolute Gasteiger partial charge is 0.184 e. The number of hydrogen-bond donors (Lipinski definition) is 0. The summed E-state index contributed by atoms with van der Waals surface area (Å²) >= 11 is 8.34. The molecule has 3 aromatic rings. The van der Waals surface area contributed by atoms with Crippen molar-refractivity contribution in [3.05, 3.63) is 49.3 Å². The second-order valence-corrected chi connectivity index (χ2v) is 8.14. The summed E-state index contributed by atoms with van der Waals surface area (Å²) in [6.07, 6.45) is 0. The van der Waals surface area contributed by atoms with E-state index < -0.39 is 0 Å². The van der Waals surface area contributed by atoms with Crippen LogP contribution < -0.4 is 0 Å². The number of nitrogens with zero attached hydrogens (tertiary/aromatic N) is 2. The lowest BCUT2D eigenvalue weighted by atomic mass is 10.2. The number of hydrogen-bond acceptors (Lipinski definition) is 3. The van der Waals surface area contributed by atoms with Crippen LogP contribution in [-0.2, 0) is 6.54 Å². The molecule has 102 valence electrons. The zero-order valence-electron chi connectivity index (χ0n) is 10.6. The van der Waals surface area contributed by atoms with Gasteiger partial charge in [0, 0.05) is 5.56 Å². The van der Waals surface area contributed by atoms with E-state index in [0.29, 0.717) is 12.1 Å². The summed E-state index contributed by atoms with van der Waals surface area (Å²) in [6.45, 7) is 2.22. The highest BCUT2D eigenvalue weighted by Crippen LogP contribution is 2.32. The predicted octanol–water partition coefficient (Wildman–Crippen LogP) is 4.81. The Morgan fingerprint density at radius 2 is 2.10 bits per heavy atom. The highest BCUT2D eigenvalue weighted by Gasteiger charge is 2.16. The van der Waals surface area contributed by atoms with Gasteiger partial charge in [0.25, 0.3) is 0 Å². The van der Waals surface area contributed by atoms with Gasteiger partial charge in [-0.2, -0.15) is 0 Å². The Bertz CT molecular complexity index is 807. The lowest BCUT2D eigenvalue weighted by molar-refractivity contribution is 0.0972. The number of carbonyl (C=O) groups excluding carboxylic acids is 1. The molecule has 0 radical (unpaired) electrons. The summed E-state index contributed by atoms with van der Waals surface area (Å²) in [5.74, 6) is 0.926. The molecular weight excluding hydrogens is 404 g/mol. The molecule has 0 aliphatic carbocycles. The molecule has 2 heterocycles. The van der Waals surface area contributed by atoms with Crippen molar-refractivity contribution >= 4 is 60.0 Å². The van der Waals surface area contributed by atoms with E-state index in [1.165, 1.54) is 11.3 Å². The topological polar surface area (TPSA) is 34.9 Å². The first-order valence-corrected chi connectivity index (χ1v) is 8.36. The molecule has 1 aromatic carbocycles. The summed E-state index contributed by atoms with van der Waals surface area (Å²) in [6, 6.07) is 9.71. The molecule has 0 aliphatic rings. The first-order chi connectivity index (χ1) is 9.56. The van der Waals surface area contributed by atoms with E-state index >= 15 is 0 Å². The minimum absolute atomic E-state index is 0.0741. The highest BCUT2D eigenvalue weighted by atomic mass is 79.9. The number of thiophene rings is 1. The van der Waals surface area contributed by atoms with Gasteiger partial charge in [-0.15, -0.1) is 11.3 Å². The van der Waals surface area contributed by atoms with Crippen LogP contribution in [0.2, 0.25) is 0 Å². The summed E-state index contributed by atoms with van der Waals surface area (Å²) in [7, 11) is 0. The maximum Gasteiger partial charge on any atom is 0.184 e. The number of para-hydroxylation sites is 2. The number of imidazole rings is 1. The van der Waals surface area contributed by atoms with E-state index in [9.17, 15) is 4.79 Å². The second-order valence-electron chi connectivity index (χ2n) is 4.39. The molecule has 3 rings (SSSR count). The molecule has 0 unspecified atom stereocenters. The molecule has 0 amide bonds. The monoisotopic (exact) mass is 412 g/mol. The first-order valence-electron chi connectivity index (χ1n) is 5.96. The van der Waals surface area contributed by atoms with E-state index in [0.717, 1.165) is 24.4 Å². The average molecular weight is 414 g/mol. The Morgan fingerprint density at radius 3 is 2.80 bits per heavy atom. The normalized spacial score (nSPS) is 11.2. The molecule has 0 atom stereocenters. The molecular formula is C14H10Br2N2OS. The van der Waals surface area contributed by atoms with Crippen LogP contribution in [0.25, 0.3) is 11.0 Å². The molecule has 0 aliphatic heterocycles. The fourth-order valence-electron chi connectivity index (χ4n) is 2.15. The van der Waals surface area contributed by atoms with Gasteiger partial charge in [0.2, 0.25) is 0 Å². The number of aromatic nitrogens is 2. The second kappa shape index (κ2) is 5.42. The number of halogens is 2. The maximum atomic E-state index is 12.4. The Labute approximate surface area is 136 Å². The van der Waals surface area contributed by atoms with Crippen LogP contribution in [0.5, 0.6) is 0 Å². The number of aryl methyl sites for hydroxylation is 1. The van der Waals surface area contributed by atoms with Crippen molar-refractivity contribution in [2.24, 2.45) is 0 Å². The molecule has 0 spiro atoms. The summed E-state index contributed by atoms with van der Waals surface area (Å²) < 4.78 is 3.76. The third kappa shape index (κ3) is 2.47. The maximum absolute atomic E-state index is 12.4. The van der Waals surface area contributed by atoms with Crippen LogP contribution in [0.1, 0.15) is 16.2 Å². The number of carbonyl (C=O) groups is 1. The minimum atomic E-state index is 0.0741. The quantitative estimate of drug-likeness (QED) is 0.577. The first kappa shape index (κ1) is 14.0. The number of fused-ring (bicyclic) bond motifs is 1. The van der Waals surface area contributed by atoms with Gasteiger partial charge in [-0.3, -0.25) is 4.79 Å². The summed E-state index contributed by atoms with van der Waals surface area (Å²) in [5.41, 5.74) is 2.62. The van der Waals surface area contributed by atoms with Crippen molar-refractivity contribution in [3.8, 4) is 0 Å². The number of rotatable bonds is 3. The van der Waals surface area contributed by atoms with Crippen LogP contribution in [0.15, 0.2) is 37.9 Å². The zero-order valence-corrected chi connectivity index (χ0v) is 14.5. The van der Waals surface area contributed by atoms with Crippen LogP contribution in [0.4, 0.5) is 0 Å². The van der Waals surface area contributed by atoms with E-state index in [1.54, 1.807) is 0 Å². The molecule has 0 fully saturated rings. The molecule has 0 N–H and O–H groups in total. The van der Waals surface area contributed by atoms with Crippen LogP contribution in [-0.4, -0.2) is 15.3 Å². The third-order valence-electron chi connectivity index (χ3n) is 3.10. The Hall–Kier alpha value is -0.980. The van der Waals surface area contributed by atoms with Gasteiger partial charge in [-0.25, -0.2) is 4.98 Å². The third-order valence-corrected chi connectivity index (χ3v) is 5.44. The molecule has 2 aromatic heterocycles. The molecule has 0 saturated heterocycles. The highest BCUT2D eigenvalue weighted by molar-refractivity contribution is 9.12. The van der Waals surface area contributed by atoms with Crippen LogP contribution >= 0.6 is 43.2 Å². The van der Waals surface area contributed by atoms with E-state index in [2.05, 4.69) is 36.8 Å². The largest absolute Gasteiger partial charge is 0.320 e. The van der Waals surface area contributed by atoms with E-state index in [-0.39, 0.29) is 5.78 Å². The van der Waals surface area contributed by atoms with Crippen molar-refractivity contribution in [2.75, 3.05) is 0 Å². The van der Waals surface area contributed by atoms with Crippen molar-refractivity contribution in [1.82, 2.24) is 9.55 Å². The van der Waals surface area contributed by atoms with Crippen LogP contribution in [0, 0.1) is 6.92 Å². The van der Waals surface area contributed by atoms with E-state index in [1.807, 2.05) is 41.8 Å². The Balaban J connectivity index is 1.99. The molecule has 20 heavy (non-hydrogen) atoms. The predicted molar refractivity (Wildman–Crippen MR) is 88.5 cm³/mol. The molecule has 3 nitrogen and oxygen atoms in total. The lowest BCUT2D eigenvalue weighted by Gasteiger charge is -2.05. The minimum Gasteiger partial charge on any atom is -0.320 e. The zero-order chi connectivity index (χ0) is 14.3. The summed E-state index contributed by atoms with van der Waals surface area (Å²) in [4.78, 5) is 16.9. The average Bonchev–Trinajstić information content (AvgIpc) is 2.90. The van der Waals surface area contributed by atoms with Gasteiger partial charge < -0.3 is 4.57 Å². The molecule has 6 heteroatoms. The van der Waals surface area contributed by atoms with Gasteiger partial charge in [0.1, 0.15) is 5.82 Å². The Kier molecular flexibility index (Phi) is 3.79. The number of Topliss-reactive ketones (excluding diaryl/α,β-unsaturated/α-hetero) is 1. The standard InChI is InChI=1S/C14H10Br2N2OS/c1-8-17-10-4-2-3-5-11(10)18(8)7-12(19)9-6-13(15)20-14(9)16/h2-6H,7H2,1H3. The van der Waals surface area contributed by atoms with Crippen LogP contribution in [0.3, 0.4) is 0 Å². The fourth-order valence-corrected chi connectivity index (χ4v) is 5.01. The fraction of sp³-hybridized carbons (Fsp3) is 0.143. The van der Waals surface area contributed by atoms with Gasteiger partial charge in [0.05, 0.1) is 25.2 Å². The number of ketones is 1.